The first kappa shape index (κ1) is 17.8. The third-order valence-electron chi connectivity index (χ3n) is 4.59. The zero-order valence-corrected chi connectivity index (χ0v) is 15.1. The highest BCUT2D eigenvalue weighted by molar-refractivity contribution is 6.62. The number of allylic oxidation sites excluding steroid dienone is 2. The van der Waals surface area contributed by atoms with Crippen LogP contribution in [-0.2, 0) is 9.31 Å². The molecule has 0 saturated carbocycles. The highest BCUT2D eigenvalue weighted by atomic mass is 16.7. The van der Waals surface area contributed by atoms with Crippen molar-refractivity contribution in [3.05, 3.63) is 48.2 Å². The Morgan fingerprint density at radius 2 is 1.70 bits per heavy atom. The maximum Gasteiger partial charge on any atom is 0.494 e. The van der Waals surface area contributed by atoms with Crippen LogP contribution in [0.1, 0.15) is 47.1 Å². The smallest absolute Gasteiger partial charge is 0.399 e. The fraction of sp³-hybridized carbons (Fsp3) is 0.474. The molecule has 0 unspecified atom stereocenters. The molecule has 0 spiro atoms. The first-order valence-corrected chi connectivity index (χ1v) is 8.44. The first-order valence-electron chi connectivity index (χ1n) is 8.44. The molecular formula is C19H28BNO2. The van der Waals surface area contributed by atoms with Gasteiger partial charge >= 0.3 is 7.12 Å². The van der Waals surface area contributed by atoms with Crippen molar-refractivity contribution in [3.63, 3.8) is 0 Å². The zero-order valence-electron chi connectivity index (χ0n) is 15.1. The van der Waals surface area contributed by atoms with E-state index in [1.807, 2.05) is 26.1 Å². The summed E-state index contributed by atoms with van der Waals surface area (Å²) in [7, 11) is -0.303. The van der Waals surface area contributed by atoms with Crippen LogP contribution in [-0.4, -0.2) is 24.9 Å². The summed E-state index contributed by atoms with van der Waals surface area (Å²) in [6.07, 6.45) is 6.13. The predicted octanol–water partition coefficient (Wildman–Crippen LogP) is 3.51. The minimum atomic E-state index is -0.304. The minimum Gasteiger partial charge on any atom is -0.399 e. The van der Waals surface area contributed by atoms with E-state index in [4.69, 9.17) is 9.31 Å². The van der Waals surface area contributed by atoms with Crippen LogP contribution in [0.25, 0.3) is 5.57 Å². The normalized spacial score (nSPS) is 21.1. The van der Waals surface area contributed by atoms with Crippen molar-refractivity contribution in [1.29, 1.82) is 0 Å². The van der Waals surface area contributed by atoms with Gasteiger partial charge in [0, 0.05) is 6.54 Å². The molecule has 1 fully saturated rings. The molecule has 2 heterocycles. The summed E-state index contributed by atoms with van der Waals surface area (Å²) in [5.41, 5.74) is 2.95. The molecule has 0 amide bonds. The van der Waals surface area contributed by atoms with Crippen LogP contribution in [0.4, 0.5) is 0 Å². The molecule has 1 aromatic carbocycles. The van der Waals surface area contributed by atoms with E-state index >= 15 is 0 Å². The molecule has 0 aliphatic carbocycles. The topological polar surface area (TPSA) is 30.5 Å². The average molecular weight is 313 g/mol. The molecule has 124 valence electrons. The summed E-state index contributed by atoms with van der Waals surface area (Å²) in [5, 5.41) is 3.24. The zero-order chi connectivity index (χ0) is 17.1. The maximum atomic E-state index is 6.12. The van der Waals surface area contributed by atoms with Crippen molar-refractivity contribution in [3.8, 4) is 0 Å². The van der Waals surface area contributed by atoms with Gasteiger partial charge in [0.05, 0.1) is 11.2 Å². The Bertz CT molecular complexity index is 589. The predicted molar refractivity (Wildman–Crippen MR) is 98.6 cm³/mol. The molecule has 1 aromatic rings. The van der Waals surface area contributed by atoms with E-state index < -0.39 is 0 Å². The molecule has 1 N–H and O–H groups in total. The fourth-order valence-electron chi connectivity index (χ4n) is 2.52. The van der Waals surface area contributed by atoms with Crippen LogP contribution in [0.15, 0.2) is 42.6 Å². The monoisotopic (exact) mass is 313 g/mol. The minimum absolute atomic E-state index is 0.303. The molecule has 0 bridgehead atoms. The second-order valence-electron chi connectivity index (χ2n) is 6.65. The molecule has 0 atom stereocenters. The number of dihydropyridines is 1. The summed E-state index contributed by atoms with van der Waals surface area (Å²) >= 11 is 0. The van der Waals surface area contributed by atoms with Crippen LogP contribution in [0.3, 0.4) is 0 Å². The van der Waals surface area contributed by atoms with Gasteiger partial charge in [-0.25, -0.2) is 0 Å². The largest absolute Gasteiger partial charge is 0.494 e. The summed E-state index contributed by atoms with van der Waals surface area (Å²) in [6, 6.07) is 8.42. The van der Waals surface area contributed by atoms with Crippen LogP contribution in [0.5, 0.6) is 0 Å². The van der Waals surface area contributed by atoms with Gasteiger partial charge in [-0.1, -0.05) is 44.2 Å². The maximum absolute atomic E-state index is 6.12. The van der Waals surface area contributed by atoms with Crippen molar-refractivity contribution < 1.29 is 9.31 Å². The third kappa shape index (κ3) is 3.70. The van der Waals surface area contributed by atoms with E-state index in [-0.39, 0.29) is 18.3 Å². The molecule has 4 heteroatoms. The van der Waals surface area contributed by atoms with E-state index in [1.54, 1.807) is 0 Å². The van der Waals surface area contributed by atoms with Crippen molar-refractivity contribution in [2.75, 3.05) is 6.54 Å². The fourth-order valence-corrected chi connectivity index (χ4v) is 2.52. The van der Waals surface area contributed by atoms with Gasteiger partial charge < -0.3 is 14.6 Å². The molecule has 2 aliphatic heterocycles. The molecule has 3 rings (SSSR count). The molecule has 2 aliphatic rings. The number of hydrogen-bond acceptors (Lipinski definition) is 3. The lowest BCUT2D eigenvalue weighted by Gasteiger charge is -2.32. The second-order valence-corrected chi connectivity index (χ2v) is 6.65. The number of hydrogen-bond donors (Lipinski definition) is 1. The van der Waals surface area contributed by atoms with Gasteiger partial charge in [0.1, 0.15) is 0 Å². The Morgan fingerprint density at radius 1 is 1.04 bits per heavy atom. The Kier molecular flexibility index (Phi) is 5.38. The Morgan fingerprint density at radius 3 is 2.26 bits per heavy atom. The summed E-state index contributed by atoms with van der Waals surface area (Å²) < 4.78 is 12.2. The van der Waals surface area contributed by atoms with E-state index in [0.717, 1.165) is 12.0 Å². The quantitative estimate of drug-likeness (QED) is 0.848. The van der Waals surface area contributed by atoms with Gasteiger partial charge in [-0.05, 0) is 56.6 Å². The Labute approximate surface area is 140 Å². The van der Waals surface area contributed by atoms with Gasteiger partial charge in [0.2, 0.25) is 0 Å². The first-order chi connectivity index (χ1) is 10.9. The van der Waals surface area contributed by atoms with E-state index in [1.165, 1.54) is 11.1 Å². The lowest BCUT2D eigenvalue weighted by molar-refractivity contribution is 0.00578. The van der Waals surface area contributed by atoms with E-state index in [2.05, 4.69) is 63.4 Å². The van der Waals surface area contributed by atoms with Gasteiger partial charge in [0.25, 0.3) is 0 Å². The van der Waals surface area contributed by atoms with E-state index in [0.29, 0.717) is 0 Å². The SMILES string of the molecule is CC.CC1(C)OB(c2cccc(C3=CC=CNC3)c2)OC1(C)C. The van der Waals surface area contributed by atoms with Gasteiger partial charge in [-0.2, -0.15) is 0 Å². The van der Waals surface area contributed by atoms with Crippen LogP contribution in [0, 0.1) is 0 Å². The van der Waals surface area contributed by atoms with Crippen molar-refractivity contribution in [1.82, 2.24) is 5.32 Å². The van der Waals surface area contributed by atoms with Crippen LogP contribution >= 0.6 is 0 Å². The standard InChI is InChI=1S/C17H22BNO2.C2H6/c1-16(2)17(3,4)21-18(20-16)15-9-5-7-13(11-15)14-8-6-10-19-12-14;1-2/h5-11,19H,12H2,1-4H3;1-2H3. The van der Waals surface area contributed by atoms with Crippen molar-refractivity contribution in [2.24, 2.45) is 0 Å². The van der Waals surface area contributed by atoms with Crippen molar-refractivity contribution in [2.45, 2.75) is 52.7 Å². The molecule has 0 aromatic heterocycles. The van der Waals surface area contributed by atoms with Gasteiger partial charge in [-0.3, -0.25) is 0 Å². The summed E-state index contributed by atoms with van der Waals surface area (Å²) in [5.74, 6) is 0. The molecule has 1 saturated heterocycles. The second kappa shape index (κ2) is 6.94. The lowest BCUT2D eigenvalue weighted by atomic mass is 9.78. The number of rotatable bonds is 2. The van der Waals surface area contributed by atoms with E-state index in [9.17, 15) is 0 Å². The summed E-state index contributed by atoms with van der Waals surface area (Å²) in [4.78, 5) is 0. The molecular weight excluding hydrogens is 285 g/mol. The van der Waals surface area contributed by atoms with Gasteiger partial charge in [-0.15, -0.1) is 0 Å². The summed E-state index contributed by atoms with van der Waals surface area (Å²) in [6.45, 7) is 13.2. The molecule has 3 nitrogen and oxygen atoms in total. The number of benzene rings is 1. The van der Waals surface area contributed by atoms with Crippen molar-refractivity contribution >= 4 is 18.2 Å². The number of nitrogens with one attached hydrogen (secondary N) is 1. The Balaban J connectivity index is 0.000000924. The van der Waals surface area contributed by atoms with Crippen LogP contribution in [0.2, 0.25) is 0 Å². The molecule has 0 radical (unpaired) electrons. The molecule has 23 heavy (non-hydrogen) atoms. The lowest BCUT2D eigenvalue weighted by Crippen LogP contribution is -2.41. The third-order valence-corrected chi connectivity index (χ3v) is 4.59. The highest BCUT2D eigenvalue weighted by Gasteiger charge is 2.51. The average Bonchev–Trinajstić information content (AvgIpc) is 2.78. The Hall–Kier alpha value is -1.52. The van der Waals surface area contributed by atoms with Crippen LogP contribution < -0.4 is 10.8 Å². The highest BCUT2D eigenvalue weighted by Crippen LogP contribution is 2.36. The van der Waals surface area contributed by atoms with Gasteiger partial charge in [0.15, 0.2) is 0 Å².